The summed E-state index contributed by atoms with van der Waals surface area (Å²) < 4.78 is 1.76. The third kappa shape index (κ3) is 3.41. The van der Waals surface area contributed by atoms with E-state index in [1.165, 1.54) is 28.6 Å². The van der Waals surface area contributed by atoms with Crippen LogP contribution in [-0.4, -0.2) is 20.6 Å². The first kappa shape index (κ1) is 18.3. The number of hydrogen-bond acceptors (Lipinski definition) is 5. The van der Waals surface area contributed by atoms with E-state index in [0.717, 1.165) is 40.2 Å². The third-order valence-electron chi connectivity index (χ3n) is 4.92. The fraction of sp³-hybridized carbons (Fsp3) is 0.350. The van der Waals surface area contributed by atoms with E-state index in [2.05, 4.69) is 0 Å². The summed E-state index contributed by atoms with van der Waals surface area (Å²) in [4.78, 5) is 31.1. The minimum absolute atomic E-state index is 0.0747. The molecule has 1 aliphatic carbocycles. The van der Waals surface area contributed by atoms with Crippen molar-refractivity contribution in [2.24, 2.45) is 0 Å². The topological polar surface area (TPSA) is 72.2 Å². The van der Waals surface area contributed by atoms with Crippen molar-refractivity contribution in [3.8, 4) is 0 Å². The molecule has 7 heteroatoms. The molecule has 3 aromatic rings. The third-order valence-corrected chi connectivity index (χ3v) is 7.16. The number of fused-ring (bicyclic) bond motifs is 3. The Labute approximate surface area is 165 Å². The van der Waals surface area contributed by atoms with Gasteiger partial charge in [0.25, 0.3) is 5.56 Å². The Morgan fingerprint density at radius 3 is 2.70 bits per heavy atom. The van der Waals surface area contributed by atoms with E-state index in [1.54, 1.807) is 28.0 Å². The molecule has 0 amide bonds. The molecule has 0 radical (unpaired) electrons. The quantitative estimate of drug-likeness (QED) is 0.509. The standard InChI is InChI=1S/C20H20N2O3S2/c1-2-22-18(23)16-14-5-3-4-6-15(14)27-17(16)21-20(22)26-11-12-7-9-13(10-8-12)19(24)25/h7-10H,2-6,11H2,1H3,(H,24,25). The number of carbonyl (C=O) groups is 1. The summed E-state index contributed by atoms with van der Waals surface area (Å²) >= 11 is 3.20. The summed E-state index contributed by atoms with van der Waals surface area (Å²) in [5.41, 5.74) is 2.58. The van der Waals surface area contributed by atoms with Crippen molar-refractivity contribution in [1.29, 1.82) is 0 Å². The highest BCUT2D eigenvalue weighted by molar-refractivity contribution is 7.98. The van der Waals surface area contributed by atoms with Crippen molar-refractivity contribution in [1.82, 2.24) is 9.55 Å². The van der Waals surface area contributed by atoms with Gasteiger partial charge in [-0.05, 0) is 55.9 Å². The van der Waals surface area contributed by atoms with Gasteiger partial charge in [-0.2, -0.15) is 0 Å². The molecule has 0 saturated carbocycles. The summed E-state index contributed by atoms with van der Waals surface area (Å²) in [5.74, 6) is -0.286. The zero-order chi connectivity index (χ0) is 19.0. The van der Waals surface area contributed by atoms with Gasteiger partial charge in [0.15, 0.2) is 5.16 Å². The van der Waals surface area contributed by atoms with Crippen LogP contribution in [0, 0.1) is 0 Å². The summed E-state index contributed by atoms with van der Waals surface area (Å²) in [7, 11) is 0. The predicted octanol–water partition coefficient (Wildman–Crippen LogP) is 4.35. The molecule has 0 spiro atoms. The van der Waals surface area contributed by atoms with Gasteiger partial charge in [0.2, 0.25) is 0 Å². The largest absolute Gasteiger partial charge is 0.478 e. The predicted molar refractivity (Wildman–Crippen MR) is 109 cm³/mol. The van der Waals surface area contributed by atoms with E-state index < -0.39 is 5.97 Å². The zero-order valence-corrected chi connectivity index (χ0v) is 16.7. The summed E-state index contributed by atoms with van der Waals surface area (Å²) in [6.07, 6.45) is 4.38. The molecule has 0 bridgehead atoms. The molecular formula is C20H20N2O3S2. The molecule has 0 aliphatic heterocycles. The number of aryl methyl sites for hydroxylation is 2. The van der Waals surface area contributed by atoms with Gasteiger partial charge in [-0.1, -0.05) is 23.9 Å². The van der Waals surface area contributed by atoms with Gasteiger partial charge in [0.1, 0.15) is 4.83 Å². The van der Waals surface area contributed by atoms with Crippen molar-refractivity contribution in [2.45, 2.75) is 50.1 Å². The van der Waals surface area contributed by atoms with E-state index in [-0.39, 0.29) is 11.1 Å². The van der Waals surface area contributed by atoms with Crippen molar-refractivity contribution in [2.75, 3.05) is 0 Å². The van der Waals surface area contributed by atoms with Crippen LogP contribution in [0.1, 0.15) is 46.1 Å². The normalized spacial score (nSPS) is 13.7. The molecule has 0 atom stereocenters. The van der Waals surface area contributed by atoms with Crippen LogP contribution < -0.4 is 5.56 Å². The lowest BCUT2D eigenvalue weighted by Crippen LogP contribution is -2.22. The zero-order valence-electron chi connectivity index (χ0n) is 15.0. The Kier molecular flexibility index (Phi) is 5.06. The molecule has 5 nitrogen and oxygen atoms in total. The number of thiophene rings is 1. The Morgan fingerprint density at radius 1 is 1.26 bits per heavy atom. The van der Waals surface area contributed by atoms with Crippen LogP contribution in [0.4, 0.5) is 0 Å². The van der Waals surface area contributed by atoms with Crippen molar-refractivity contribution >= 4 is 39.3 Å². The first-order chi connectivity index (χ1) is 13.1. The maximum absolute atomic E-state index is 13.1. The Morgan fingerprint density at radius 2 is 2.00 bits per heavy atom. The van der Waals surface area contributed by atoms with Crippen LogP contribution in [-0.2, 0) is 25.1 Å². The summed E-state index contributed by atoms with van der Waals surface area (Å²) in [6.45, 7) is 2.56. The van der Waals surface area contributed by atoms with Gasteiger partial charge in [0, 0.05) is 17.2 Å². The number of benzene rings is 1. The monoisotopic (exact) mass is 400 g/mol. The van der Waals surface area contributed by atoms with E-state index >= 15 is 0 Å². The molecular weight excluding hydrogens is 380 g/mol. The molecule has 4 rings (SSSR count). The number of carboxylic acid groups (broad SMARTS) is 1. The second-order valence-corrected chi connectivity index (χ2v) is 8.65. The molecule has 2 aromatic heterocycles. The number of aromatic nitrogens is 2. The highest BCUT2D eigenvalue weighted by Crippen LogP contribution is 2.35. The van der Waals surface area contributed by atoms with Gasteiger partial charge in [-0.15, -0.1) is 11.3 Å². The van der Waals surface area contributed by atoms with Gasteiger partial charge in [0.05, 0.1) is 10.9 Å². The van der Waals surface area contributed by atoms with Crippen molar-refractivity contribution in [3.05, 3.63) is 56.2 Å². The lowest BCUT2D eigenvalue weighted by atomic mass is 9.97. The molecule has 1 N–H and O–H groups in total. The number of hydrogen-bond donors (Lipinski definition) is 1. The number of rotatable bonds is 5. The minimum atomic E-state index is -0.928. The number of aromatic carboxylic acids is 1. The molecule has 2 heterocycles. The number of thioether (sulfide) groups is 1. The van der Waals surface area contributed by atoms with Gasteiger partial charge in [-0.25, -0.2) is 9.78 Å². The van der Waals surface area contributed by atoms with Gasteiger partial charge in [-0.3, -0.25) is 9.36 Å². The van der Waals surface area contributed by atoms with E-state index in [0.29, 0.717) is 12.3 Å². The fourth-order valence-corrected chi connectivity index (χ4v) is 5.82. The van der Waals surface area contributed by atoms with E-state index in [4.69, 9.17) is 10.1 Å². The first-order valence-electron chi connectivity index (χ1n) is 9.08. The van der Waals surface area contributed by atoms with E-state index in [9.17, 15) is 9.59 Å². The molecule has 0 unspecified atom stereocenters. The number of nitrogens with zero attached hydrogens (tertiary/aromatic N) is 2. The van der Waals surface area contributed by atoms with Gasteiger partial charge < -0.3 is 5.11 Å². The van der Waals surface area contributed by atoms with Crippen LogP contribution >= 0.6 is 23.1 Å². The molecule has 27 heavy (non-hydrogen) atoms. The lowest BCUT2D eigenvalue weighted by Gasteiger charge is -2.12. The molecule has 0 fully saturated rings. The molecule has 0 saturated heterocycles. The average Bonchev–Trinajstić information content (AvgIpc) is 3.05. The highest BCUT2D eigenvalue weighted by Gasteiger charge is 2.21. The Balaban J connectivity index is 1.67. The van der Waals surface area contributed by atoms with Crippen LogP contribution in [0.3, 0.4) is 0 Å². The Bertz CT molecular complexity index is 1070. The van der Waals surface area contributed by atoms with Crippen LogP contribution in [0.2, 0.25) is 0 Å². The second-order valence-electron chi connectivity index (χ2n) is 6.63. The maximum Gasteiger partial charge on any atom is 0.335 e. The van der Waals surface area contributed by atoms with Crippen LogP contribution in [0.15, 0.2) is 34.2 Å². The Hall–Kier alpha value is -2.12. The van der Waals surface area contributed by atoms with Gasteiger partial charge >= 0.3 is 5.97 Å². The number of carboxylic acids is 1. The maximum atomic E-state index is 13.1. The highest BCUT2D eigenvalue weighted by atomic mass is 32.2. The van der Waals surface area contributed by atoms with Crippen molar-refractivity contribution in [3.63, 3.8) is 0 Å². The summed E-state index contributed by atoms with van der Waals surface area (Å²) in [6, 6.07) is 6.84. The van der Waals surface area contributed by atoms with E-state index in [1.807, 2.05) is 19.1 Å². The SMILES string of the molecule is CCn1c(SCc2ccc(C(=O)O)cc2)nc2sc3c(c2c1=O)CCCC3. The smallest absolute Gasteiger partial charge is 0.335 e. The average molecular weight is 401 g/mol. The molecule has 1 aliphatic rings. The van der Waals surface area contributed by atoms with Crippen LogP contribution in [0.25, 0.3) is 10.2 Å². The van der Waals surface area contributed by atoms with Crippen LogP contribution in [0.5, 0.6) is 0 Å². The second kappa shape index (κ2) is 7.48. The molecule has 140 valence electrons. The molecule has 1 aromatic carbocycles. The van der Waals surface area contributed by atoms with Crippen molar-refractivity contribution < 1.29 is 9.90 Å². The lowest BCUT2D eigenvalue weighted by molar-refractivity contribution is 0.0697. The first-order valence-corrected chi connectivity index (χ1v) is 10.9. The summed E-state index contributed by atoms with van der Waals surface area (Å²) in [5, 5.41) is 10.6. The minimum Gasteiger partial charge on any atom is -0.478 e. The fourth-order valence-electron chi connectivity index (χ4n) is 3.50.